The van der Waals surface area contributed by atoms with Gasteiger partial charge in [0.25, 0.3) is 0 Å². The largest absolute Gasteiger partial charge is 0.360 e. The van der Waals surface area contributed by atoms with E-state index in [2.05, 4.69) is 15.5 Å². The van der Waals surface area contributed by atoms with E-state index in [1.807, 2.05) is 12.1 Å². The molecule has 0 radical (unpaired) electrons. The van der Waals surface area contributed by atoms with Crippen LogP contribution in [0.5, 0.6) is 0 Å². The number of aromatic nitrogens is 2. The fraction of sp³-hybridized carbons (Fsp3) is 0.385. The minimum Gasteiger partial charge on any atom is -0.360 e. The maximum atomic E-state index is 12.7. The summed E-state index contributed by atoms with van der Waals surface area (Å²) < 4.78 is 12.7. The Kier molecular flexibility index (Phi) is 3.23. The molecule has 1 aromatic heterocycles. The SMILES string of the molecule is Fc1ccc(CCNc2nnc(C3CC3)s2)cc1. The molecule has 1 saturated carbocycles. The van der Waals surface area contributed by atoms with Crippen LogP contribution in [0.15, 0.2) is 24.3 Å². The number of anilines is 1. The van der Waals surface area contributed by atoms with Crippen LogP contribution in [0.2, 0.25) is 0 Å². The van der Waals surface area contributed by atoms with E-state index in [1.54, 1.807) is 11.3 Å². The Morgan fingerprint density at radius 1 is 1.22 bits per heavy atom. The summed E-state index contributed by atoms with van der Waals surface area (Å²) in [5.41, 5.74) is 1.12. The lowest BCUT2D eigenvalue weighted by Gasteiger charge is -2.02. The predicted molar refractivity (Wildman–Crippen MR) is 70.5 cm³/mol. The maximum absolute atomic E-state index is 12.7. The van der Waals surface area contributed by atoms with Crippen molar-refractivity contribution in [2.24, 2.45) is 0 Å². The molecule has 1 heterocycles. The second kappa shape index (κ2) is 5.02. The molecule has 0 saturated heterocycles. The molecule has 5 heteroatoms. The predicted octanol–water partition coefficient (Wildman–Crippen LogP) is 3.21. The molecule has 0 unspecified atom stereocenters. The van der Waals surface area contributed by atoms with E-state index in [0.717, 1.165) is 28.7 Å². The Morgan fingerprint density at radius 3 is 2.72 bits per heavy atom. The quantitative estimate of drug-likeness (QED) is 0.900. The molecule has 1 aliphatic rings. The van der Waals surface area contributed by atoms with Crippen molar-refractivity contribution in [2.75, 3.05) is 11.9 Å². The molecule has 1 aliphatic carbocycles. The molecule has 0 amide bonds. The van der Waals surface area contributed by atoms with Crippen LogP contribution >= 0.6 is 11.3 Å². The van der Waals surface area contributed by atoms with E-state index >= 15 is 0 Å². The van der Waals surface area contributed by atoms with Gasteiger partial charge in [-0.15, -0.1) is 10.2 Å². The molecular weight excluding hydrogens is 249 g/mol. The molecule has 2 aromatic rings. The van der Waals surface area contributed by atoms with Gasteiger partial charge in [0.05, 0.1) is 0 Å². The molecule has 94 valence electrons. The first-order valence-electron chi connectivity index (χ1n) is 6.13. The van der Waals surface area contributed by atoms with Gasteiger partial charge in [-0.25, -0.2) is 4.39 Å². The number of benzene rings is 1. The van der Waals surface area contributed by atoms with Crippen LogP contribution in [0.1, 0.15) is 29.3 Å². The lowest BCUT2D eigenvalue weighted by atomic mass is 10.1. The molecule has 3 nitrogen and oxygen atoms in total. The number of nitrogens with one attached hydrogen (secondary N) is 1. The van der Waals surface area contributed by atoms with E-state index in [-0.39, 0.29) is 5.82 Å². The highest BCUT2D eigenvalue weighted by Gasteiger charge is 2.27. The smallest absolute Gasteiger partial charge is 0.205 e. The van der Waals surface area contributed by atoms with Gasteiger partial charge in [-0.05, 0) is 37.0 Å². The molecular formula is C13H14FN3S. The third-order valence-electron chi connectivity index (χ3n) is 2.97. The third-order valence-corrected chi connectivity index (χ3v) is 4.01. The van der Waals surface area contributed by atoms with Crippen LogP contribution in [0.25, 0.3) is 0 Å². The van der Waals surface area contributed by atoms with Gasteiger partial charge in [-0.2, -0.15) is 0 Å². The molecule has 0 spiro atoms. The molecule has 1 aromatic carbocycles. The van der Waals surface area contributed by atoms with Crippen LogP contribution in [0.3, 0.4) is 0 Å². The van der Waals surface area contributed by atoms with Crippen molar-refractivity contribution in [3.63, 3.8) is 0 Å². The highest BCUT2D eigenvalue weighted by atomic mass is 32.1. The average molecular weight is 263 g/mol. The van der Waals surface area contributed by atoms with Crippen LogP contribution in [-0.2, 0) is 6.42 Å². The van der Waals surface area contributed by atoms with Crippen molar-refractivity contribution < 1.29 is 4.39 Å². The van der Waals surface area contributed by atoms with Crippen molar-refractivity contribution in [1.29, 1.82) is 0 Å². The van der Waals surface area contributed by atoms with Crippen LogP contribution in [0.4, 0.5) is 9.52 Å². The zero-order valence-corrected chi connectivity index (χ0v) is 10.7. The molecule has 3 rings (SSSR count). The van der Waals surface area contributed by atoms with Gasteiger partial charge in [0.2, 0.25) is 5.13 Å². The van der Waals surface area contributed by atoms with Crippen molar-refractivity contribution in [1.82, 2.24) is 10.2 Å². The molecule has 0 atom stereocenters. The Balaban J connectivity index is 1.49. The normalized spacial score (nSPS) is 14.7. The summed E-state index contributed by atoms with van der Waals surface area (Å²) >= 11 is 1.65. The van der Waals surface area contributed by atoms with E-state index in [1.165, 1.54) is 25.0 Å². The van der Waals surface area contributed by atoms with E-state index in [9.17, 15) is 4.39 Å². The van der Waals surface area contributed by atoms with Gasteiger partial charge < -0.3 is 5.32 Å². The summed E-state index contributed by atoms with van der Waals surface area (Å²) in [6, 6.07) is 6.61. The Hall–Kier alpha value is -1.49. The summed E-state index contributed by atoms with van der Waals surface area (Å²) in [5.74, 6) is 0.472. The topological polar surface area (TPSA) is 37.8 Å². The van der Waals surface area contributed by atoms with Crippen LogP contribution in [-0.4, -0.2) is 16.7 Å². The lowest BCUT2D eigenvalue weighted by Crippen LogP contribution is -2.04. The number of rotatable bonds is 5. The van der Waals surface area contributed by atoms with Gasteiger partial charge in [0.1, 0.15) is 10.8 Å². The first kappa shape index (κ1) is 11.6. The molecule has 0 bridgehead atoms. The Morgan fingerprint density at radius 2 is 2.00 bits per heavy atom. The zero-order valence-electron chi connectivity index (χ0n) is 9.90. The van der Waals surface area contributed by atoms with E-state index < -0.39 is 0 Å². The van der Waals surface area contributed by atoms with Gasteiger partial charge >= 0.3 is 0 Å². The van der Waals surface area contributed by atoms with Gasteiger partial charge in [0, 0.05) is 12.5 Å². The highest BCUT2D eigenvalue weighted by molar-refractivity contribution is 7.15. The van der Waals surface area contributed by atoms with Crippen LogP contribution < -0.4 is 5.32 Å². The number of hydrogen-bond donors (Lipinski definition) is 1. The van der Waals surface area contributed by atoms with Gasteiger partial charge in [0.15, 0.2) is 0 Å². The monoisotopic (exact) mass is 263 g/mol. The third kappa shape index (κ3) is 2.85. The number of halogens is 1. The van der Waals surface area contributed by atoms with Gasteiger partial charge in [-0.3, -0.25) is 0 Å². The second-order valence-corrected chi connectivity index (χ2v) is 5.53. The summed E-state index contributed by atoms with van der Waals surface area (Å²) in [5, 5.41) is 13.6. The molecule has 18 heavy (non-hydrogen) atoms. The Labute approximate surface area is 109 Å². The number of hydrogen-bond acceptors (Lipinski definition) is 4. The fourth-order valence-corrected chi connectivity index (χ4v) is 2.70. The second-order valence-electron chi connectivity index (χ2n) is 4.52. The first-order chi connectivity index (χ1) is 8.81. The van der Waals surface area contributed by atoms with E-state index in [4.69, 9.17) is 0 Å². The average Bonchev–Trinajstić information content (AvgIpc) is 3.12. The van der Waals surface area contributed by atoms with E-state index in [0.29, 0.717) is 5.92 Å². The Bertz CT molecular complexity index is 519. The molecule has 1 fully saturated rings. The van der Waals surface area contributed by atoms with Crippen molar-refractivity contribution >= 4 is 16.5 Å². The molecule has 1 N–H and O–H groups in total. The molecule has 0 aliphatic heterocycles. The summed E-state index contributed by atoms with van der Waals surface area (Å²) in [4.78, 5) is 0. The lowest BCUT2D eigenvalue weighted by molar-refractivity contribution is 0.627. The highest BCUT2D eigenvalue weighted by Crippen LogP contribution is 2.41. The van der Waals surface area contributed by atoms with Gasteiger partial charge in [-0.1, -0.05) is 23.5 Å². The summed E-state index contributed by atoms with van der Waals surface area (Å²) in [7, 11) is 0. The first-order valence-corrected chi connectivity index (χ1v) is 6.94. The van der Waals surface area contributed by atoms with Crippen molar-refractivity contribution in [3.05, 3.63) is 40.7 Å². The maximum Gasteiger partial charge on any atom is 0.205 e. The zero-order chi connectivity index (χ0) is 12.4. The standard InChI is InChI=1S/C13H14FN3S/c14-11-5-1-9(2-6-11)7-8-15-13-17-16-12(18-13)10-3-4-10/h1-2,5-6,10H,3-4,7-8H2,(H,15,17). The minimum atomic E-state index is -0.190. The van der Waals surface area contributed by atoms with Crippen LogP contribution in [0, 0.1) is 5.82 Å². The number of nitrogens with zero attached hydrogens (tertiary/aromatic N) is 2. The van der Waals surface area contributed by atoms with Crippen molar-refractivity contribution in [3.8, 4) is 0 Å². The fourth-order valence-electron chi connectivity index (χ4n) is 1.77. The summed E-state index contributed by atoms with van der Waals surface area (Å²) in [6.07, 6.45) is 3.37. The minimum absolute atomic E-state index is 0.190. The van der Waals surface area contributed by atoms with Crippen molar-refractivity contribution in [2.45, 2.75) is 25.2 Å². The summed E-state index contributed by atoms with van der Waals surface area (Å²) in [6.45, 7) is 0.797.